The van der Waals surface area contributed by atoms with Crippen molar-refractivity contribution < 1.29 is 28.8 Å². The number of ether oxygens (including phenoxy) is 4. The molecule has 180 valence electrons. The van der Waals surface area contributed by atoms with Gasteiger partial charge in [-0.05, 0) is 49.5 Å². The summed E-state index contributed by atoms with van der Waals surface area (Å²) in [6.07, 6.45) is 7.81. The van der Waals surface area contributed by atoms with Crippen molar-refractivity contribution in [2.24, 2.45) is 0 Å². The number of carbonyl (C=O) groups is 1. The fourth-order valence-electron chi connectivity index (χ4n) is 3.09. The Morgan fingerprint density at radius 1 is 0.939 bits per heavy atom. The Morgan fingerprint density at radius 3 is 2.42 bits per heavy atom. The van der Waals surface area contributed by atoms with Crippen LogP contribution in [0.4, 0.5) is 0 Å². The number of esters is 1. The molecular weight excluding hydrogens is 420 g/mol. The van der Waals surface area contributed by atoms with E-state index in [4.69, 9.17) is 18.9 Å². The lowest BCUT2D eigenvalue weighted by molar-refractivity contribution is -0.137. The second-order valence-corrected chi connectivity index (χ2v) is 7.66. The summed E-state index contributed by atoms with van der Waals surface area (Å²) in [5.74, 6) is 0.971. The molecule has 0 aromatic heterocycles. The van der Waals surface area contributed by atoms with Gasteiger partial charge in [0.15, 0.2) is 17.8 Å². The van der Waals surface area contributed by atoms with E-state index < -0.39 is 6.29 Å². The van der Waals surface area contributed by atoms with Crippen molar-refractivity contribution >= 4 is 12.0 Å². The van der Waals surface area contributed by atoms with Gasteiger partial charge in [0.05, 0.1) is 26.9 Å². The predicted molar refractivity (Wildman–Crippen MR) is 129 cm³/mol. The summed E-state index contributed by atoms with van der Waals surface area (Å²) in [5, 5.41) is 9.94. The molecule has 0 fully saturated rings. The minimum atomic E-state index is -0.885. The summed E-state index contributed by atoms with van der Waals surface area (Å²) in [6, 6.07) is 14.9. The van der Waals surface area contributed by atoms with Crippen molar-refractivity contribution in [1.29, 1.82) is 0 Å². The highest BCUT2D eigenvalue weighted by atomic mass is 16.6. The van der Waals surface area contributed by atoms with Crippen molar-refractivity contribution in [2.75, 3.05) is 26.9 Å². The third-order valence-corrected chi connectivity index (χ3v) is 5.00. The summed E-state index contributed by atoms with van der Waals surface area (Å²) in [7, 11) is 1.60. The highest BCUT2D eigenvalue weighted by Gasteiger charge is 2.07. The van der Waals surface area contributed by atoms with Gasteiger partial charge in [-0.1, -0.05) is 56.2 Å². The number of benzene rings is 2. The maximum Gasteiger partial charge on any atom is 0.330 e. The van der Waals surface area contributed by atoms with Crippen molar-refractivity contribution in [2.45, 2.75) is 51.7 Å². The highest BCUT2D eigenvalue weighted by Crippen LogP contribution is 2.28. The largest absolute Gasteiger partial charge is 0.493 e. The zero-order chi connectivity index (χ0) is 23.7. The molecule has 0 radical (unpaired) electrons. The summed E-state index contributed by atoms with van der Waals surface area (Å²) in [4.78, 5) is 11.9. The second-order valence-electron chi connectivity index (χ2n) is 7.66. The molecule has 2 rings (SSSR count). The lowest BCUT2D eigenvalue weighted by atomic mass is 10.2. The molecule has 1 atom stereocenters. The van der Waals surface area contributed by atoms with Gasteiger partial charge in [0, 0.05) is 11.6 Å². The van der Waals surface area contributed by atoms with Gasteiger partial charge in [0.1, 0.15) is 0 Å². The van der Waals surface area contributed by atoms with Crippen LogP contribution in [0.15, 0.2) is 54.6 Å². The predicted octanol–water partition coefficient (Wildman–Crippen LogP) is 5.70. The number of hydrogen-bond donors (Lipinski definition) is 1. The Balaban J connectivity index is 1.58. The topological polar surface area (TPSA) is 74.2 Å². The fourth-order valence-corrected chi connectivity index (χ4v) is 3.09. The highest BCUT2D eigenvalue weighted by molar-refractivity contribution is 5.87. The first-order valence-electron chi connectivity index (χ1n) is 11.6. The molecule has 1 unspecified atom stereocenters. The van der Waals surface area contributed by atoms with Gasteiger partial charge in [-0.25, -0.2) is 4.79 Å². The first kappa shape index (κ1) is 26.4. The normalized spacial score (nSPS) is 12.0. The molecular formula is C27H36O6. The molecule has 0 aliphatic rings. The Bertz CT molecular complexity index is 834. The first-order chi connectivity index (χ1) is 16.1. The van der Waals surface area contributed by atoms with E-state index in [-0.39, 0.29) is 5.97 Å². The Labute approximate surface area is 197 Å². The van der Waals surface area contributed by atoms with Crippen LogP contribution in [-0.2, 0) is 14.3 Å². The smallest absolute Gasteiger partial charge is 0.330 e. The van der Waals surface area contributed by atoms with Gasteiger partial charge in [-0.2, -0.15) is 0 Å². The van der Waals surface area contributed by atoms with E-state index in [0.717, 1.165) is 49.7 Å². The molecule has 0 spiro atoms. The molecule has 0 bridgehead atoms. The monoisotopic (exact) mass is 456 g/mol. The minimum Gasteiger partial charge on any atom is -0.493 e. The van der Waals surface area contributed by atoms with Gasteiger partial charge in [-0.15, -0.1) is 0 Å². The average molecular weight is 457 g/mol. The van der Waals surface area contributed by atoms with Gasteiger partial charge in [0.25, 0.3) is 0 Å². The standard InChI is InChI=1S/C27H36O6/c1-3-4-18-31-24-16-14-22(21-25(24)30-2)15-17-26(28)32-19-10-5-6-11-20-33-27(29)23-12-8-7-9-13-23/h7-9,12-17,21,27,29H,3-6,10-11,18-20H2,1-2H3/b17-15+. The van der Waals surface area contributed by atoms with E-state index in [1.165, 1.54) is 6.08 Å². The lowest BCUT2D eigenvalue weighted by Gasteiger charge is -2.12. The van der Waals surface area contributed by atoms with Crippen LogP contribution in [0.5, 0.6) is 11.5 Å². The minimum absolute atomic E-state index is 0.369. The number of hydrogen-bond acceptors (Lipinski definition) is 6. The van der Waals surface area contributed by atoms with Crippen LogP contribution in [0, 0.1) is 0 Å². The maximum absolute atomic E-state index is 11.9. The SMILES string of the molecule is CCCCOc1ccc(/C=C/C(=O)OCCCCCCOC(O)c2ccccc2)cc1OC. The molecule has 6 heteroatoms. The van der Waals surface area contributed by atoms with Crippen LogP contribution < -0.4 is 9.47 Å². The number of methoxy groups -OCH3 is 1. The molecule has 2 aromatic rings. The quantitative estimate of drug-likeness (QED) is 0.151. The van der Waals surface area contributed by atoms with Gasteiger partial charge in [0.2, 0.25) is 0 Å². The molecule has 1 N–H and O–H groups in total. The van der Waals surface area contributed by atoms with Gasteiger partial charge in [-0.3, -0.25) is 0 Å². The Kier molecular flexibility index (Phi) is 12.7. The number of unbranched alkanes of at least 4 members (excludes halogenated alkanes) is 4. The van der Waals surface area contributed by atoms with Crippen LogP contribution in [0.25, 0.3) is 6.08 Å². The van der Waals surface area contributed by atoms with E-state index in [2.05, 4.69) is 6.92 Å². The Morgan fingerprint density at radius 2 is 1.70 bits per heavy atom. The molecule has 0 aliphatic heterocycles. The van der Waals surface area contributed by atoms with Crippen LogP contribution in [0.1, 0.15) is 62.9 Å². The maximum atomic E-state index is 11.9. The molecule has 2 aromatic carbocycles. The molecule has 0 saturated heterocycles. The van der Waals surface area contributed by atoms with Crippen LogP contribution in [-0.4, -0.2) is 38.0 Å². The molecule has 0 aliphatic carbocycles. The third-order valence-electron chi connectivity index (χ3n) is 5.00. The van der Waals surface area contributed by atoms with Gasteiger partial charge < -0.3 is 24.1 Å². The summed E-state index contributed by atoms with van der Waals surface area (Å²) < 4.78 is 21.8. The summed E-state index contributed by atoms with van der Waals surface area (Å²) in [5.41, 5.74) is 1.59. The number of aliphatic hydroxyl groups excluding tert-OH is 1. The molecule has 0 saturated carbocycles. The summed E-state index contributed by atoms with van der Waals surface area (Å²) in [6.45, 7) is 3.63. The lowest BCUT2D eigenvalue weighted by Crippen LogP contribution is -2.05. The van der Waals surface area contributed by atoms with Crippen molar-refractivity contribution in [3.63, 3.8) is 0 Å². The number of rotatable bonds is 16. The molecule has 0 heterocycles. The van der Waals surface area contributed by atoms with Crippen molar-refractivity contribution in [1.82, 2.24) is 0 Å². The van der Waals surface area contributed by atoms with E-state index in [1.54, 1.807) is 13.2 Å². The number of carbonyl (C=O) groups excluding carboxylic acids is 1. The molecule has 33 heavy (non-hydrogen) atoms. The van der Waals surface area contributed by atoms with Crippen LogP contribution in [0.2, 0.25) is 0 Å². The first-order valence-corrected chi connectivity index (χ1v) is 11.6. The van der Waals surface area contributed by atoms with E-state index in [1.807, 2.05) is 48.5 Å². The zero-order valence-electron chi connectivity index (χ0n) is 19.7. The zero-order valence-corrected chi connectivity index (χ0v) is 19.7. The fraction of sp³-hybridized carbons (Fsp3) is 0.444. The van der Waals surface area contributed by atoms with Crippen molar-refractivity contribution in [3.8, 4) is 11.5 Å². The second kappa shape index (κ2) is 15.9. The van der Waals surface area contributed by atoms with Crippen LogP contribution in [0.3, 0.4) is 0 Å². The van der Waals surface area contributed by atoms with E-state index in [0.29, 0.717) is 31.3 Å². The average Bonchev–Trinajstić information content (AvgIpc) is 2.85. The van der Waals surface area contributed by atoms with E-state index in [9.17, 15) is 9.90 Å². The van der Waals surface area contributed by atoms with Crippen molar-refractivity contribution in [3.05, 3.63) is 65.7 Å². The van der Waals surface area contributed by atoms with Crippen LogP contribution >= 0.6 is 0 Å². The number of aliphatic hydroxyl groups is 1. The summed E-state index contributed by atoms with van der Waals surface area (Å²) >= 11 is 0. The van der Waals surface area contributed by atoms with E-state index >= 15 is 0 Å². The van der Waals surface area contributed by atoms with Gasteiger partial charge >= 0.3 is 5.97 Å². The third kappa shape index (κ3) is 10.6. The molecule has 0 amide bonds. The Hall–Kier alpha value is -2.83. The molecule has 6 nitrogen and oxygen atoms in total.